The molecule has 0 unspecified atom stereocenters. The molecule has 2 aliphatic rings. The van der Waals surface area contributed by atoms with E-state index in [2.05, 4.69) is 30.5 Å². The lowest BCUT2D eigenvalue weighted by Gasteiger charge is -2.24. The van der Waals surface area contributed by atoms with Crippen molar-refractivity contribution in [1.29, 1.82) is 0 Å². The Labute approximate surface area is 264 Å². The third kappa shape index (κ3) is 5.65. The van der Waals surface area contributed by atoms with Gasteiger partial charge in [0.25, 0.3) is 0 Å². The Kier molecular flexibility index (Phi) is 7.61. The van der Waals surface area contributed by atoms with E-state index in [0.717, 1.165) is 22.6 Å². The first-order valence-corrected chi connectivity index (χ1v) is 15.0. The van der Waals surface area contributed by atoms with Crippen LogP contribution in [0.15, 0.2) is 85.7 Å². The number of likely N-dealkylation sites (tertiary alicyclic amines) is 1. The third-order valence-corrected chi connectivity index (χ3v) is 8.50. The quantitative estimate of drug-likeness (QED) is 0.236. The molecular formula is C34H31FN8O3. The molecule has 5 aromatic rings. The lowest BCUT2D eigenvalue weighted by molar-refractivity contribution is -0.137. The van der Waals surface area contributed by atoms with E-state index in [4.69, 9.17) is 0 Å². The Morgan fingerprint density at radius 2 is 1.85 bits per heavy atom. The van der Waals surface area contributed by atoms with Crippen LogP contribution < -0.4 is 15.5 Å². The zero-order valence-electron chi connectivity index (χ0n) is 25.1. The molecular weight excluding hydrogens is 587 g/mol. The Hall–Kier alpha value is -5.65. The summed E-state index contributed by atoms with van der Waals surface area (Å²) in [5, 5.41) is 6.87. The summed E-state index contributed by atoms with van der Waals surface area (Å²) in [6.45, 7) is 2.36. The summed E-state index contributed by atoms with van der Waals surface area (Å²) in [5.74, 6) is -0.153. The number of pyridine rings is 1. The highest BCUT2D eigenvalue weighted by atomic mass is 19.1. The average molecular weight is 619 g/mol. The number of benzene rings is 2. The maximum Gasteiger partial charge on any atom is 0.247 e. The lowest BCUT2D eigenvalue weighted by Crippen LogP contribution is -2.44. The Bertz CT molecular complexity index is 1950. The second-order valence-electron chi connectivity index (χ2n) is 11.6. The molecule has 3 aromatic heterocycles. The summed E-state index contributed by atoms with van der Waals surface area (Å²) in [5.41, 5.74) is 5.22. The number of hydrogen-bond acceptors (Lipinski definition) is 8. The number of ketones is 1. The van der Waals surface area contributed by atoms with Crippen LogP contribution in [0.1, 0.15) is 34.8 Å². The summed E-state index contributed by atoms with van der Waals surface area (Å²) in [7, 11) is 0. The molecule has 1 saturated heterocycles. The zero-order chi connectivity index (χ0) is 31.8. The van der Waals surface area contributed by atoms with E-state index in [1.807, 2.05) is 54.6 Å². The number of aromatic nitrogens is 4. The Morgan fingerprint density at radius 1 is 1.00 bits per heavy atom. The van der Waals surface area contributed by atoms with Gasteiger partial charge in [-0.25, -0.2) is 19.3 Å². The molecule has 46 heavy (non-hydrogen) atoms. The van der Waals surface area contributed by atoms with Crippen molar-refractivity contribution < 1.29 is 18.8 Å². The number of fused-ring (bicyclic) bond motifs is 2. The monoisotopic (exact) mass is 618 g/mol. The minimum atomic E-state index is -1.33. The highest BCUT2D eigenvalue weighted by Gasteiger charge is 2.40. The summed E-state index contributed by atoms with van der Waals surface area (Å²) >= 11 is 0. The van der Waals surface area contributed by atoms with Gasteiger partial charge in [-0.05, 0) is 54.4 Å². The van der Waals surface area contributed by atoms with Crippen molar-refractivity contribution in [1.82, 2.24) is 24.4 Å². The van der Waals surface area contributed by atoms with Crippen LogP contribution >= 0.6 is 0 Å². The van der Waals surface area contributed by atoms with Crippen LogP contribution in [0.3, 0.4) is 0 Å². The number of Topliss-reactive ketones (excluding diaryl/α,β-unsaturated/α-hetero) is 1. The molecule has 0 spiro atoms. The molecule has 2 aliphatic heterocycles. The summed E-state index contributed by atoms with van der Waals surface area (Å²) in [4.78, 5) is 55.7. The first kappa shape index (κ1) is 29.1. The van der Waals surface area contributed by atoms with Gasteiger partial charge in [0.15, 0.2) is 5.78 Å². The SMILES string of the molecule is CC(=O)c1cn(CC(=O)N2C[C@H](F)C[C@H]2C(=O)Nc2cccc3c2CN(c2ccccn2)C3)c2ccc(Nc3cncnc3)cc12. The van der Waals surface area contributed by atoms with Crippen LogP contribution in [-0.2, 0) is 29.2 Å². The van der Waals surface area contributed by atoms with Crippen LogP contribution in [0.5, 0.6) is 0 Å². The predicted octanol–water partition coefficient (Wildman–Crippen LogP) is 4.87. The number of alkyl halides is 1. The predicted molar refractivity (Wildman–Crippen MR) is 171 cm³/mol. The number of carbonyl (C=O) groups excluding carboxylic acids is 3. The van der Waals surface area contributed by atoms with Gasteiger partial charge in [0.05, 0.1) is 24.6 Å². The number of hydrogen-bond donors (Lipinski definition) is 2. The van der Waals surface area contributed by atoms with Crippen molar-refractivity contribution in [2.24, 2.45) is 0 Å². The fourth-order valence-corrected chi connectivity index (χ4v) is 6.32. The topological polar surface area (TPSA) is 125 Å². The first-order valence-electron chi connectivity index (χ1n) is 15.0. The molecule has 7 rings (SSSR count). The maximum atomic E-state index is 14.8. The average Bonchev–Trinajstić information content (AvgIpc) is 3.78. The molecule has 0 radical (unpaired) electrons. The van der Waals surface area contributed by atoms with Crippen molar-refractivity contribution in [3.63, 3.8) is 0 Å². The molecule has 1 fully saturated rings. The van der Waals surface area contributed by atoms with Crippen molar-refractivity contribution in [2.45, 2.75) is 45.2 Å². The van der Waals surface area contributed by atoms with E-state index < -0.39 is 24.0 Å². The maximum absolute atomic E-state index is 14.8. The number of halogens is 1. The van der Waals surface area contributed by atoms with Gasteiger partial charge in [-0.1, -0.05) is 18.2 Å². The summed E-state index contributed by atoms with van der Waals surface area (Å²) in [6, 6.07) is 16.0. The number of anilines is 4. The largest absolute Gasteiger partial charge is 0.353 e. The van der Waals surface area contributed by atoms with E-state index in [1.54, 1.807) is 29.4 Å². The van der Waals surface area contributed by atoms with Gasteiger partial charge >= 0.3 is 0 Å². The summed E-state index contributed by atoms with van der Waals surface area (Å²) in [6.07, 6.45) is 6.67. The number of carbonyl (C=O) groups is 3. The second kappa shape index (κ2) is 12.0. The van der Waals surface area contributed by atoms with E-state index in [0.29, 0.717) is 40.9 Å². The fraction of sp³-hybridized carbons (Fsp3) is 0.235. The lowest BCUT2D eigenvalue weighted by atomic mass is 10.1. The van der Waals surface area contributed by atoms with Gasteiger partial charge in [-0.15, -0.1) is 0 Å². The van der Waals surface area contributed by atoms with Crippen molar-refractivity contribution >= 4 is 51.4 Å². The Morgan fingerprint density at radius 3 is 2.63 bits per heavy atom. The smallest absolute Gasteiger partial charge is 0.247 e. The summed E-state index contributed by atoms with van der Waals surface area (Å²) < 4.78 is 16.5. The number of nitrogens with one attached hydrogen (secondary N) is 2. The molecule has 0 aliphatic carbocycles. The molecule has 2 aromatic carbocycles. The van der Waals surface area contributed by atoms with E-state index >= 15 is 0 Å². The molecule has 2 atom stereocenters. The number of rotatable bonds is 8. The van der Waals surface area contributed by atoms with Crippen LogP contribution in [0, 0.1) is 0 Å². The van der Waals surface area contributed by atoms with Gasteiger partial charge < -0.3 is 25.0 Å². The molecule has 0 saturated carbocycles. The number of amides is 2. The Balaban J connectivity index is 1.09. The highest BCUT2D eigenvalue weighted by Crippen LogP contribution is 2.33. The number of nitrogens with zero attached hydrogens (tertiary/aromatic N) is 6. The van der Waals surface area contributed by atoms with Crippen molar-refractivity contribution in [3.8, 4) is 0 Å². The first-order chi connectivity index (χ1) is 22.3. The van der Waals surface area contributed by atoms with Gasteiger partial charge in [0.1, 0.15) is 30.9 Å². The van der Waals surface area contributed by atoms with E-state index in [1.165, 1.54) is 18.2 Å². The minimum absolute atomic E-state index is 0.0873. The van der Waals surface area contributed by atoms with Crippen LogP contribution in [-0.4, -0.2) is 60.8 Å². The third-order valence-electron chi connectivity index (χ3n) is 8.50. The normalized spacial score (nSPS) is 17.3. The molecule has 232 valence electrons. The fourth-order valence-electron chi connectivity index (χ4n) is 6.32. The van der Waals surface area contributed by atoms with E-state index in [-0.39, 0.29) is 25.3 Å². The van der Waals surface area contributed by atoms with Gasteiger partial charge in [0.2, 0.25) is 11.8 Å². The highest BCUT2D eigenvalue weighted by molar-refractivity contribution is 6.08. The van der Waals surface area contributed by atoms with Crippen molar-refractivity contribution in [3.05, 3.63) is 102 Å². The molecule has 2 N–H and O–H groups in total. The van der Waals surface area contributed by atoms with Gasteiger partial charge in [-0.2, -0.15) is 0 Å². The van der Waals surface area contributed by atoms with Crippen molar-refractivity contribution in [2.75, 3.05) is 22.1 Å². The van der Waals surface area contributed by atoms with E-state index in [9.17, 15) is 18.8 Å². The van der Waals surface area contributed by atoms with Crippen LogP contribution in [0.2, 0.25) is 0 Å². The molecule has 5 heterocycles. The second-order valence-corrected chi connectivity index (χ2v) is 11.6. The standard InChI is InChI=1S/C34H31FN8O3/c1-21(44)27-17-41(30-9-8-24(12-26(27)30)39-25-13-36-20-37-14-25)19-33(45)43-16-23(35)11-31(43)34(46)40-29-6-4-5-22-15-42(18-28(22)29)32-7-2-3-10-38-32/h2-10,12-14,17,20,23,31,39H,11,15-16,18-19H2,1H3,(H,40,46)/t23-,31+/m1/s1. The zero-order valence-corrected chi connectivity index (χ0v) is 25.1. The molecule has 11 nitrogen and oxygen atoms in total. The molecule has 12 heteroatoms. The van der Waals surface area contributed by atoms with Crippen LogP contribution in [0.25, 0.3) is 10.9 Å². The van der Waals surface area contributed by atoms with Gasteiger partial charge in [0, 0.05) is 59.7 Å². The molecule has 2 amide bonds. The van der Waals surface area contributed by atoms with Gasteiger partial charge in [-0.3, -0.25) is 14.4 Å². The molecule has 0 bridgehead atoms. The minimum Gasteiger partial charge on any atom is -0.353 e. The van der Waals surface area contributed by atoms with Crippen LogP contribution in [0.4, 0.5) is 27.3 Å².